The van der Waals surface area contributed by atoms with Crippen LogP contribution in [0.4, 0.5) is 5.69 Å². The molecule has 0 aromatic carbocycles. The second-order valence-corrected chi connectivity index (χ2v) is 2.40. The highest BCUT2D eigenvalue weighted by atomic mass is 16.7. The number of fused-ring (bicyclic) bond motifs is 1. The number of rotatable bonds is 0. The van der Waals surface area contributed by atoms with E-state index in [9.17, 15) is 4.79 Å². The van der Waals surface area contributed by atoms with Crippen LogP contribution in [0.25, 0.3) is 11.1 Å². The van der Waals surface area contributed by atoms with E-state index in [0.717, 1.165) is 0 Å². The lowest BCUT2D eigenvalue weighted by molar-refractivity contribution is 0.0115. The van der Waals surface area contributed by atoms with Gasteiger partial charge in [0.25, 0.3) is 5.88 Å². The van der Waals surface area contributed by atoms with Crippen LogP contribution in [-0.4, -0.2) is 25.2 Å². The summed E-state index contributed by atoms with van der Waals surface area (Å²) in [7, 11) is 0. The first kappa shape index (κ1) is 7.40. The van der Waals surface area contributed by atoms with Crippen molar-refractivity contribution in [3.05, 3.63) is 10.4 Å². The zero-order valence-electron chi connectivity index (χ0n) is 6.13. The molecule has 8 nitrogen and oxygen atoms in total. The number of nitrogens with two attached hydrogens (primary N) is 1. The third-order valence-electron chi connectivity index (χ3n) is 1.67. The topological polar surface area (TPSA) is 127 Å². The fraction of sp³-hybridized carbons (Fsp3) is 0. The molecule has 5 N–H and O–H groups in total. The predicted molar refractivity (Wildman–Crippen MR) is 38.9 cm³/mol. The number of aromatic hydroxyl groups is 1. The maximum absolute atomic E-state index is 11.0. The Labute approximate surface area is 69.5 Å². The maximum atomic E-state index is 11.0. The minimum absolute atomic E-state index is 0.0901. The molecule has 0 fully saturated rings. The third-order valence-corrected chi connectivity index (χ3v) is 1.67. The van der Waals surface area contributed by atoms with Crippen LogP contribution in [-0.2, 0) is 0 Å². The highest BCUT2D eigenvalue weighted by Gasteiger charge is 2.23. The summed E-state index contributed by atoms with van der Waals surface area (Å²) >= 11 is 0. The van der Waals surface area contributed by atoms with Gasteiger partial charge >= 0.3 is 5.56 Å². The van der Waals surface area contributed by atoms with Crippen LogP contribution in [0.1, 0.15) is 0 Å². The van der Waals surface area contributed by atoms with Crippen LogP contribution < -0.4 is 11.3 Å². The Morgan fingerprint density at radius 3 is 2.54 bits per heavy atom. The number of nitrogens with zero attached hydrogens (tertiary/aromatic N) is 2. The Morgan fingerprint density at radius 2 is 2.00 bits per heavy atom. The van der Waals surface area contributed by atoms with E-state index in [0.29, 0.717) is 0 Å². The van der Waals surface area contributed by atoms with Crippen molar-refractivity contribution >= 4 is 16.8 Å². The quantitative estimate of drug-likeness (QED) is 0.398. The monoisotopic (exact) mass is 187 g/mol. The van der Waals surface area contributed by atoms with Gasteiger partial charge in [0.05, 0.1) is 0 Å². The Kier molecular flexibility index (Phi) is 1.09. The van der Waals surface area contributed by atoms with E-state index in [1.807, 2.05) is 0 Å². The molecule has 0 aliphatic heterocycles. The van der Waals surface area contributed by atoms with Gasteiger partial charge in [-0.15, -0.1) is 4.73 Å². The molecule has 0 saturated carbocycles. The molecular formula is C5H5N3O5. The molecule has 0 atom stereocenters. The summed E-state index contributed by atoms with van der Waals surface area (Å²) in [6.07, 6.45) is 0. The van der Waals surface area contributed by atoms with Crippen molar-refractivity contribution in [2.75, 3.05) is 5.73 Å². The van der Waals surface area contributed by atoms with Crippen molar-refractivity contribution < 1.29 is 20.0 Å². The van der Waals surface area contributed by atoms with Gasteiger partial charge in [0.1, 0.15) is 5.69 Å². The first-order valence-electron chi connectivity index (χ1n) is 3.17. The molecule has 8 heteroatoms. The maximum Gasteiger partial charge on any atom is 0.350 e. The second-order valence-electron chi connectivity index (χ2n) is 2.40. The van der Waals surface area contributed by atoms with Crippen molar-refractivity contribution in [1.29, 1.82) is 0 Å². The Morgan fingerprint density at radius 1 is 1.38 bits per heavy atom. The summed E-state index contributed by atoms with van der Waals surface area (Å²) in [5, 5.41) is 26.9. The summed E-state index contributed by atoms with van der Waals surface area (Å²) < 4.78 is 4.57. The summed E-state index contributed by atoms with van der Waals surface area (Å²) in [5.41, 5.74) is 3.22. The van der Waals surface area contributed by atoms with E-state index in [2.05, 4.69) is 4.52 Å². The van der Waals surface area contributed by atoms with E-state index >= 15 is 0 Å². The van der Waals surface area contributed by atoms with Gasteiger partial charge in [-0.1, -0.05) is 0 Å². The zero-order valence-corrected chi connectivity index (χ0v) is 6.13. The van der Waals surface area contributed by atoms with Gasteiger partial charge in [-0.3, -0.25) is 4.79 Å². The Bertz CT molecular complexity index is 532. The average molecular weight is 187 g/mol. The molecule has 0 bridgehead atoms. The Hall–Kier alpha value is -2.25. The fourth-order valence-electron chi connectivity index (χ4n) is 1.04. The predicted octanol–water partition coefficient (Wildman–Crippen LogP) is -0.842. The fourth-order valence-corrected chi connectivity index (χ4v) is 1.04. The molecule has 0 radical (unpaired) electrons. The molecule has 0 spiro atoms. The highest BCUT2D eigenvalue weighted by Crippen LogP contribution is 2.30. The molecule has 13 heavy (non-hydrogen) atoms. The van der Waals surface area contributed by atoms with Crippen LogP contribution >= 0.6 is 0 Å². The van der Waals surface area contributed by atoms with Gasteiger partial charge in [0.15, 0.2) is 0 Å². The number of anilines is 1. The van der Waals surface area contributed by atoms with Crippen LogP contribution in [0.2, 0.25) is 0 Å². The summed E-state index contributed by atoms with van der Waals surface area (Å²) in [6.45, 7) is 0. The minimum Gasteiger partial charge on any atom is -0.491 e. The molecule has 70 valence electrons. The SMILES string of the molecule is Nc1c(O)n(O)c2c(=O)n(O)oc12. The van der Waals surface area contributed by atoms with Gasteiger partial charge < -0.3 is 25.8 Å². The lowest BCUT2D eigenvalue weighted by Gasteiger charge is -1.92. The number of nitrogen functional groups attached to an aromatic ring is 1. The van der Waals surface area contributed by atoms with Gasteiger partial charge in [0, 0.05) is 4.90 Å². The molecular weight excluding hydrogens is 182 g/mol. The van der Waals surface area contributed by atoms with Gasteiger partial charge in [-0.2, -0.15) is 0 Å². The smallest absolute Gasteiger partial charge is 0.350 e. The van der Waals surface area contributed by atoms with Crippen LogP contribution in [0.15, 0.2) is 9.32 Å². The van der Waals surface area contributed by atoms with Crippen LogP contribution in [0, 0.1) is 0 Å². The summed E-state index contributed by atoms with van der Waals surface area (Å²) in [5.74, 6) is -0.702. The lowest BCUT2D eigenvalue weighted by atomic mass is 10.4. The van der Waals surface area contributed by atoms with Gasteiger partial charge in [-0.05, 0) is 0 Å². The summed E-state index contributed by atoms with van der Waals surface area (Å²) in [6, 6.07) is 0. The number of hydrogen-bond acceptors (Lipinski definition) is 6. The lowest BCUT2D eigenvalue weighted by Crippen LogP contribution is -2.13. The van der Waals surface area contributed by atoms with Gasteiger partial charge in [-0.25, -0.2) is 0 Å². The third kappa shape index (κ3) is 0.662. The molecule has 2 aromatic heterocycles. The molecule has 0 amide bonds. The van der Waals surface area contributed by atoms with Crippen LogP contribution in [0.3, 0.4) is 0 Å². The normalized spacial score (nSPS) is 11.1. The largest absolute Gasteiger partial charge is 0.491 e. The first-order chi connectivity index (χ1) is 6.04. The van der Waals surface area contributed by atoms with E-state index < -0.39 is 17.0 Å². The average Bonchev–Trinajstić information content (AvgIpc) is 2.48. The second kappa shape index (κ2) is 1.91. The molecule has 0 unspecified atom stereocenters. The van der Waals surface area contributed by atoms with Crippen molar-refractivity contribution in [2.24, 2.45) is 0 Å². The van der Waals surface area contributed by atoms with E-state index in [4.69, 9.17) is 21.3 Å². The van der Waals surface area contributed by atoms with E-state index in [1.165, 1.54) is 0 Å². The first-order valence-corrected chi connectivity index (χ1v) is 3.17. The van der Waals surface area contributed by atoms with Crippen LogP contribution in [0.5, 0.6) is 5.88 Å². The highest BCUT2D eigenvalue weighted by molar-refractivity contribution is 5.89. The summed E-state index contributed by atoms with van der Waals surface area (Å²) in [4.78, 5) is 10.9. The van der Waals surface area contributed by atoms with Crippen molar-refractivity contribution in [1.82, 2.24) is 9.63 Å². The molecule has 2 rings (SSSR count). The number of aromatic nitrogens is 2. The molecule has 2 aromatic rings. The van der Waals surface area contributed by atoms with E-state index in [-0.39, 0.29) is 20.9 Å². The van der Waals surface area contributed by atoms with Gasteiger partial charge in [0.2, 0.25) is 11.1 Å². The van der Waals surface area contributed by atoms with E-state index in [1.54, 1.807) is 0 Å². The molecule has 0 aliphatic carbocycles. The minimum atomic E-state index is -1.01. The Balaban J connectivity index is 3.10. The molecule has 2 heterocycles. The molecule has 0 aliphatic rings. The molecule has 0 saturated heterocycles. The van der Waals surface area contributed by atoms with Crippen molar-refractivity contribution in [3.63, 3.8) is 0 Å². The van der Waals surface area contributed by atoms with Crippen molar-refractivity contribution in [3.8, 4) is 5.88 Å². The zero-order chi connectivity index (χ0) is 9.75. The van der Waals surface area contributed by atoms with Crippen molar-refractivity contribution in [2.45, 2.75) is 0 Å². The standard InChI is InChI=1S/C5H5N3O5/c6-1-3-2(7(11)4(1)9)5(10)8(12)13-3/h9,11-12H,6H2. The number of hydrogen-bond donors (Lipinski definition) is 4.